The Hall–Kier alpha value is -0.120. The quantitative estimate of drug-likeness (QED) is 0.575. The first-order valence-electron chi connectivity index (χ1n) is 5.68. The number of hydrogen-bond acceptors (Lipinski definition) is 3. The average molecular weight is 202 g/mol. The molecule has 14 heavy (non-hydrogen) atoms. The Bertz CT molecular complexity index is 118. The molecule has 0 aromatic heterocycles. The molecule has 1 atom stereocenters. The fraction of sp³-hybridized carbons (Fsp3) is 1.00. The Kier molecular flexibility index (Phi) is 9.35. The largest absolute Gasteiger partial charge is 0.380 e. The van der Waals surface area contributed by atoms with Crippen LogP contribution in [0, 0.1) is 0 Å². The molecule has 3 nitrogen and oxygen atoms in total. The molecule has 1 unspecified atom stereocenters. The van der Waals surface area contributed by atoms with Gasteiger partial charge >= 0.3 is 0 Å². The van der Waals surface area contributed by atoms with Crippen molar-refractivity contribution in [3.8, 4) is 0 Å². The molecular weight excluding hydrogens is 176 g/mol. The third-order valence-electron chi connectivity index (χ3n) is 2.23. The number of nitrogens with two attached hydrogens (primary N) is 1. The van der Waals surface area contributed by atoms with Crippen molar-refractivity contribution in [2.24, 2.45) is 5.73 Å². The van der Waals surface area contributed by atoms with Crippen LogP contribution in [0.15, 0.2) is 0 Å². The standard InChI is InChI=1S/C11H26N2O/c1-4-5-9-14-10-8-13(3)7-6-11(2)12/h11H,4-10,12H2,1-3H3. The predicted octanol–water partition coefficient (Wildman–Crippen LogP) is 1.47. The van der Waals surface area contributed by atoms with E-state index in [2.05, 4.69) is 18.9 Å². The maximum Gasteiger partial charge on any atom is 0.0593 e. The van der Waals surface area contributed by atoms with Crippen molar-refractivity contribution in [2.75, 3.05) is 33.4 Å². The third-order valence-corrected chi connectivity index (χ3v) is 2.23. The van der Waals surface area contributed by atoms with Crippen molar-refractivity contribution < 1.29 is 4.74 Å². The van der Waals surface area contributed by atoms with Crippen LogP contribution in [0.4, 0.5) is 0 Å². The highest BCUT2D eigenvalue weighted by Gasteiger charge is 2.00. The van der Waals surface area contributed by atoms with Crippen molar-refractivity contribution in [3.63, 3.8) is 0 Å². The van der Waals surface area contributed by atoms with Gasteiger partial charge in [-0.05, 0) is 33.4 Å². The molecule has 0 amide bonds. The lowest BCUT2D eigenvalue weighted by Gasteiger charge is -2.17. The number of likely N-dealkylation sites (N-methyl/N-ethyl adjacent to an activating group) is 1. The summed E-state index contributed by atoms with van der Waals surface area (Å²) in [6, 6.07) is 0.304. The first kappa shape index (κ1) is 13.9. The number of rotatable bonds is 9. The minimum Gasteiger partial charge on any atom is -0.380 e. The summed E-state index contributed by atoms with van der Waals surface area (Å²) in [6.07, 6.45) is 3.44. The zero-order valence-corrected chi connectivity index (χ0v) is 9.96. The van der Waals surface area contributed by atoms with Crippen LogP contribution in [-0.4, -0.2) is 44.3 Å². The molecule has 0 bridgehead atoms. The van der Waals surface area contributed by atoms with Crippen LogP contribution in [0.2, 0.25) is 0 Å². The number of unbranched alkanes of at least 4 members (excludes halogenated alkanes) is 1. The number of nitrogens with zero attached hydrogens (tertiary/aromatic N) is 1. The van der Waals surface area contributed by atoms with Crippen LogP contribution in [0.25, 0.3) is 0 Å². The molecule has 2 N–H and O–H groups in total. The van der Waals surface area contributed by atoms with Gasteiger partial charge in [0.1, 0.15) is 0 Å². The van der Waals surface area contributed by atoms with E-state index in [4.69, 9.17) is 10.5 Å². The molecule has 86 valence electrons. The predicted molar refractivity (Wildman–Crippen MR) is 61.5 cm³/mol. The zero-order chi connectivity index (χ0) is 10.8. The van der Waals surface area contributed by atoms with Crippen molar-refractivity contribution >= 4 is 0 Å². The van der Waals surface area contributed by atoms with E-state index in [-0.39, 0.29) is 0 Å². The van der Waals surface area contributed by atoms with Gasteiger partial charge in [-0.2, -0.15) is 0 Å². The van der Waals surface area contributed by atoms with Gasteiger partial charge in [0, 0.05) is 19.2 Å². The molecule has 0 spiro atoms. The van der Waals surface area contributed by atoms with Gasteiger partial charge in [0.05, 0.1) is 6.61 Å². The Morgan fingerprint density at radius 2 is 2.00 bits per heavy atom. The van der Waals surface area contributed by atoms with E-state index in [1.54, 1.807) is 0 Å². The summed E-state index contributed by atoms with van der Waals surface area (Å²) in [7, 11) is 2.12. The molecule has 0 heterocycles. The summed E-state index contributed by atoms with van der Waals surface area (Å²) in [4.78, 5) is 2.27. The lowest BCUT2D eigenvalue weighted by Crippen LogP contribution is -2.28. The fourth-order valence-electron chi connectivity index (χ4n) is 1.10. The Morgan fingerprint density at radius 1 is 1.29 bits per heavy atom. The van der Waals surface area contributed by atoms with Gasteiger partial charge in [-0.25, -0.2) is 0 Å². The van der Waals surface area contributed by atoms with E-state index in [0.29, 0.717) is 6.04 Å². The van der Waals surface area contributed by atoms with E-state index in [1.807, 2.05) is 6.92 Å². The lowest BCUT2D eigenvalue weighted by molar-refractivity contribution is 0.108. The molecule has 0 radical (unpaired) electrons. The van der Waals surface area contributed by atoms with Gasteiger partial charge in [0.25, 0.3) is 0 Å². The second kappa shape index (κ2) is 9.44. The first-order chi connectivity index (χ1) is 6.66. The van der Waals surface area contributed by atoms with E-state index in [0.717, 1.165) is 32.7 Å². The van der Waals surface area contributed by atoms with E-state index in [9.17, 15) is 0 Å². The van der Waals surface area contributed by atoms with E-state index in [1.165, 1.54) is 12.8 Å². The Balaban J connectivity index is 3.14. The maximum absolute atomic E-state index is 5.68. The summed E-state index contributed by atoms with van der Waals surface area (Å²) < 4.78 is 5.48. The molecule has 0 fully saturated rings. The van der Waals surface area contributed by atoms with Gasteiger partial charge < -0.3 is 15.4 Å². The van der Waals surface area contributed by atoms with Crippen LogP contribution in [0.5, 0.6) is 0 Å². The van der Waals surface area contributed by atoms with Gasteiger partial charge in [-0.3, -0.25) is 0 Å². The lowest BCUT2D eigenvalue weighted by atomic mass is 10.2. The molecule has 0 rings (SSSR count). The minimum absolute atomic E-state index is 0.304. The smallest absolute Gasteiger partial charge is 0.0593 e. The number of hydrogen-bond donors (Lipinski definition) is 1. The summed E-state index contributed by atoms with van der Waals surface area (Å²) in [5.74, 6) is 0. The van der Waals surface area contributed by atoms with Crippen LogP contribution < -0.4 is 5.73 Å². The first-order valence-corrected chi connectivity index (χ1v) is 5.68. The summed E-state index contributed by atoms with van der Waals surface area (Å²) in [6.45, 7) is 8.04. The molecule has 0 aromatic rings. The van der Waals surface area contributed by atoms with Crippen molar-refractivity contribution in [2.45, 2.75) is 39.2 Å². The fourth-order valence-corrected chi connectivity index (χ4v) is 1.10. The SMILES string of the molecule is CCCCOCCN(C)CCC(C)N. The molecule has 0 saturated carbocycles. The van der Waals surface area contributed by atoms with Crippen LogP contribution >= 0.6 is 0 Å². The second-order valence-corrected chi connectivity index (χ2v) is 4.04. The molecule has 0 aromatic carbocycles. The molecular formula is C11H26N2O. The monoisotopic (exact) mass is 202 g/mol. The Morgan fingerprint density at radius 3 is 2.57 bits per heavy atom. The summed E-state index contributed by atoms with van der Waals surface area (Å²) in [5, 5.41) is 0. The normalized spacial score (nSPS) is 13.5. The van der Waals surface area contributed by atoms with E-state index >= 15 is 0 Å². The van der Waals surface area contributed by atoms with Gasteiger partial charge in [0.15, 0.2) is 0 Å². The maximum atomic E-state index is 5.68. The van der Waals surface area contributed by atoms with Gasteiger partial charge in [0.2, 0.25) is 0 Å². The van der Waals surface area contributed by atoms with Gasteiger partial charge in [-0.1, -0.05) is 13.3 Å². The highest BCUT2D eigenvalue weighted by Crippen LogP contribution is 1.92. The summed E-state index contributed by atoms with van der Waals surface area (Å²) >= 11 is 0. The van der Waals surface area contributed by atoms with Crippen LogP contribution in [0.3, 0.4) is 0 Å². The van der Waals surface area contributed by atoms with Crippen molar-refractivity contribution in [1.82, 2.24) is 4.90 Å². The average Bonchev–Trinajstić information content (AvgIpc) is 2.14. The minimum atomic E-state index is 0.304. The molecule has 0 aliphatic rings. The third kappa shape index (κ3) is 9.96. The molecule has 0 aliphatic heterocycles. The molecule has 3 heteroatoms. The summed E-state index contributed by atoms with van der Waals surface area (Å²) in [5.41, 5.74) is 5.68. The highest BCUT2D eigenvalue weighted by molar-refractivity contribution is 4.57. The topological polar surface area (TPSA) is 38.5 Å². The van der Waals surface area contributed by atoms with Crippen LogP contribution in [0.1, 0.15) is 33.1 Å². The molecule has 0 saturated heterocycles. The van der Waals surface area contributed by atoms with Crippen LogP contribution in [-0.2, 0) is 4.74 Å². The highest BCUT2D eigenvalue weighted by atomic mass is 16.5. The van der Waals surface area contributed by atoms with Crippen molar-refractivity contribution in [3.05, 3.63) is 0 Å². The molecule has 0 aliphatic carbocycles. The second-order valence-electron chi connectivity index (χ2n) is 4.04. The van der Waals surface area contributed by atoms with Crippen molar-refractivity contribution in [1.29, 1.82) is 0 Å². The van der Waals surface area contributed by atoms with Gasteiger partial charge in [-0.15, -0.1) is 0 Å². The zero-order valence-electron chi connectivity index (χ0n) is 9.96. The number of ether oxygens (including phenoxy) is 1. The van der Waals surface area contributed by atoms with E-state index < -0.39 is 0 Å². The Labute approximate surface area is 88.6 Å².